The van der Waals surface area contributed by atoms with Crippen LogP contribution in [0.1, 0.15) is 83.7 Å². The molecule has 1 aliphatic heterocycles. The summed E-state index contributed by atoms with van der Waals surface area (Å²) in [6.45, 7) is 12.9. The first-order valence-electron chi connectivity index (χ1n) is 9.32. The van der Waals surface area contributed by atoms with Crippen molar-refractivity contribution in [2.24, 2.45) is 5.92 Å². The SMILES string of the molecule is CC(C)CCCCCN1CCCC(n2cc(C(C)C)cn2)C1. The molecule has 2 rings (SSSR count). The van der Waals surface area contributed by atoms with Crippen molar-refractivity contribution in [3.8, 4) is 0 Å². The lowest BCUT2D eigenvalue weighted by molar-refractivity contribution is 0.167. The Morgan fingerprint density at radius 3 is 2.68 bits per heavy atom. The second kappa shape index (κ2) is 8.71. The summed E-state index contributed by atoms with van der Waals surface area (Å²) in [7, 11) is 0. The molecule has 1 unspecified atom stereocenters. The van der Waals surface area contributed by atoms with Gasteiger partial charge in [0.25, 0.3) is 0 Å². The van der Waals surface area contributed by atoms with Crippen LogP contribution in [-0.4, -0.2) is 34.3 Å². The third-order valence-corrected chi connectivity index (χ3v) is 4.90. The normalized spacial score (nSPS) is 20.2. The largest absolute Gasteiger partial charge is 0.301 e. The summed E-state index contributed by atoms with van der Waals surface area (Å²) in [6.07, 6.45) is 12.4. The van der Waals surface area contributed by atoms with Crippen LogP contribution in [0.25, 0.3) is 0 Å². The molecule has 1 aliphatic rings. The summed E-state index contributed by atoms with van der Waals surface area (Å²) in [5.41, 5.74) is 1.37. The zero-order valence-corrected chi connectivity index (χ0v) is 15.1. The number of aromatic nitrogens is 2. The zero-order valence-electron chi connectivity index (χ0n) is 15.1. The fraction of sp³-hybridized carbons (Fsp3) is 0.842. The van der Waals surface area contributed by atoms with Gasteiger partial charge in [-0.15, -0.1) is 0 Å². The van der Waals surface area contributed by atoms with Crippen molar-refractivity contribution in [2.75, 3.05) is 19.6 Å². The lowest BCUT2D eigenvalue weighted by Gasteiger charge is -2.32. The summed E-state index contributed by atoms with van der Waals surface area (Å²) in [5.74, 6) is 1.43. The lowest BCUT2D eigenvalue weighted by atomic mass is 10.0. The molecule has 0 N–H and O–H groups in total. The molecule has 3 nitrogen and oxygen atoms in total. The van der Waals surface area contributed by atoms with E-state index in [1.165, 1.54) is 63.7 Å². The summed E-state index contributed by atoms with van der Waals surface area (Å²) in [5, 5.41) is 4.61. The van der Waals surface area contributed by atoms with Gasteiger partial charge in [-0.05, 0) is 49.8 Å². The van der Waals surface area contributed by atoms with Gasteiger partial charge in [0.05, 0.1) is 12.2 Å². The van der Waals surface area contributed by atoms with E-state index in [0.29, 0.717) is 12.0 Å². The van der Waals surface area contributed by atoms with Gasteiger partial charge in [-0.2, -0.15) is 5.10 Å². The molecule has 1 fully saturated rings. The summed E-state index contributed by atoms with van der Waals surface area (Å²) in [6, 6.07) is 0.580. The molecular formula is C19H35N3. The minimum absolute atomic E-state index is 0.578. The van der Waals surface area contributed by atoms with Gasteiger partial charge in [0.1, 0.15) is 0 Å². The Kier molecular flexibility index (Phi) is 6.94. The first-order chi connectivity index (χ1) is 10.6. The van der Waals surface area contributed by atoms with Crippen molar-refractivity contribution in [1.82, 2.24) is 14.7 Å². The Labute approximate surface area is 137 Å². The molecule has 0 spiro atoms. The molecule has 22 heavy (non-hydrogen) atoms. The van der Waals surface area contributed by atoms with Crippen LogP contribution in [0.3, 0.4) is 0 Å². The van der Waals surface area contributed by atoms with E-state index in [0.717, 1.165) is 5.92 Å². The predicted octanol–water partition coefficient (Wildman–Crippen LogP) is 4.86. The minimum atomic E-state index is 0.578. The Balaban J connectivity index is 1.74. The number of piperidine rings is 1. The first-order valence-corrected chi connectivity index (χ1v) is 9.32. The molecule has 1 aromatic heterocycles. The second-order valence-electron chi connectivity index (χ2n) is 7.75. The second-order valence-corrected chi connectivity index (χ2v) is 7.75. The van der Waals surface area contributed by atoms with E-state index in [4.69, 9.17) is 0 Å². The van der Waals surface area contributed by atoms with Crippen molar-refractivity contribution in [3.63, 3.8) is 0 Å². The van der Waals surface area contributed by atoms with Crippen molar-refractivity contribution in [3.05, 3.63) is 18.0 Å². The molecule has 0 aromatic carbocycles. The highest BCUT2D eigenvalue weighted by Crippen LogP contribution is 2.23. The van der Waals surface area contributed by atoms with Crippen LogP contribution in [0.5, 0.6) is 0 Å². The molecule has 0 amide bonds. The molecule has 0 bridgehead atoms. The number of hydrogen-bond acceptors (Lipinski definition) is 2. The van der Waals surface area contributed by atoms with Crippen LogP contribution < -0.4 is 0 Å². The molecule has 0 saturated carbocycles. The fourth-order valence-corrected chi connectivity index (χ4v) is 3.37. The van der Waals surface area contributed by atoms with E-state index >= 15 is 0 Å². The monoisotopic (exact) mass is 305 g/mol. The van der Waals surface area contributed by atoms with Gasteiger partial charge in [-0.25, -0.2) is 0 Å². The van der Waals surface area contributed by atoms with Crippen LogP contribution in [0.15, 0.2) is 12.4 Å². The van der Waals surface area contributed by atoms with Crippen LogP contribution in [0.4, 0.5) is 0 Å². The average Bonchev–Trinajstić information content (AvgIpc) is 2.97. The van der Waals surface area contributed by atoms with Crippen molar-refractivity contribution >= 4 is 0 Å². The van der Waals surface area contributed by atoms with Gasteiger partial charge in [0, 0.05) is 12.7 Å². The third-order valence-electron chi connectivity index (χ3n) is 4.90. The maximum atomic E-state index is 4.61. The molecule has 1 atom stereocenters. The predicted molar refractivity (Wildman–Crippen MR) is 94.3 cm³/mol. The van der Waals surface area contributed by atoms with Gasteiger partial charge in [-0.1, -0.05) is 47.0 Å². The summed E-state index contributed by atoms with van der Waals surface area (Å²) < 4.78 is 2.22. The van der Waals surface area contributed by atoms with Crippen molar-refractivity contribution < 1.29 is 0 Å². The third kappa shape index (κ3) is 5.42. The van der Waals surface area contributed by atoms with E-state index in [1.807, 2.05) is 0 Å². The Morgan fingerprint density at radius 1 is 1.18 bits per heavy atom. The highest BCUT2D eigenvalue weighted by atomic mass is 15.3. The number of likely N-dealkylation sites (tertiary alicyclic amines) is 1. The van der Waals surface area contributed by atoms with Gasteiger partial charge >= 0.3 is 0 Å². The van der Waals surface area contributed by atoms with Gasteiger partial charge in [0.2, 0.25) is 0 Å². The van der Waals surface area contributed by atoms with E-state index in [2.05, 4.69) is 54.8 Å². The topological polar surface area (TPSA) is 21.1 Å². The van der Waals surface area contributed by atoms with Gasteiger partial charge < -0.3 is 4.90 Å². The van der Waals surface area contributed by atoms with Crippen LogP contribution >= 0.6 is 0 Å². The molecule has 0 aliphatic carbocycles. The number of nitrogens with zero attached hydrogens (tertiary/aromatic N) is 3. The number of unbranched alkanes of at least 4 members (excludes halogenated alkanes) is 2. The minimum Gasteiger partial charge on any atom is -0.301 e. The number of hydrogen-bond donors (Lipinski definition) is 0. The molecule has 1 saturated heterocycles. The molecule has 2 heterocycles. The van der Waals surface area contributed by atoms with Gasteiger partial charge in [-0.3, -0.25) is 4.68 Å². The maximum absolute atomic E-state index is 4.61. The van der Waals surface area contributed by atoms with Crippen LogP contribution in [0.2, 0.25) is 0 Å². The van der Waals surface area contributed by atoms with Crippen LogP contribution in [-0.2, 0) is 0 Å². The van der Waals surface area contributed by atoms with Crippen molar-refractivity contribution in [2.45, 2.75) is 78.2 Å². The molecule has 1 aromatic rings. The molecular weight excluding hydrogens is 270 g/mol. The Bertz CT molecular complexity index is 422. The zero-order chi connectivity index (χ0) is 15.9. The van der Waals surface area contributed by atoms with Gasteiger partial charge in [0.15, 0.2) is 0 Å². The Hall–Kier alpha value is -0.830. The van der Waals surface area contributed by atoms with Crippen LogP contribution in [0, 0.1) is 5.92 Å². The highest BCUT2D eigenvalue weighted by Gasteiger charge is 2.21. The molecule has 3 heteroatoms. The smallest absolute Gasteiger partial charge is 0.0646 e. The number of rotatable bonds is 8. The van der Waals surface area contributed by atoms with E-state index in [-0.39, 0.29) is 0 Å². The standard InChI is InChI=1S/C19H35N3/c1-16(2)9-6-5-7-11-21-12-8-10-19(15-21)22-14-18(13-20-22)17(3)4/h13-14,16-17,19H,5-12,15H2,1-4H3. The van der Waals surface area contributed by atoms with E-state index in [1.54, 1.807) is 0 Å². The first kappa shape index (κ1) is 17.5. The Morgan fingerprint density at radius 2 is 2.00 bits per heavy atom. The quantitative estimate of drug-likeness (QED) is 0.640. The molecule has 0 radical (unpaired) electrons. The molecule has 126 valence electrons. The van der Waals surface area contributed by atoms with Crippen molar-refractivity contribution in [1.29, 1.82) is 0 Å². The fourth-order valence-electron chi connectivity index (χ4n) is 3.37. The summed E-state index contributed by atoms with van der Waals surface area (Å²) in [4.78, 5) is 2.65. The maximum Gasteiger partial charge on any atom is 0.0646 e. The van der Waals surface area contributed by atoms with E-state index < -0.39 is 0 Å². The summed E-state index contributed by atoms with van der Waals surface area (Å²) >= 11 is 0. The van der Waals surface area contributed by atoms with E-state index in [9.17, 15) is 0 Å². The highest BCUT2D eigenvalue weighted by molar-refractivity contribution is 5.09. The lowest BCUT2D eigenvalue weighted by Crippen LogP contribution is -2.37. The average molecular weight is 306 g/mol.